The molecule has 0 fully saturated rings. The number of hydrogen-bond acceptors (Lipinski definition) is 3. The first-order valence-electron chi connectivity index (χ1n) is 4.32. The molecule has 0 saturated heterocycles. The number of nitrogens with zero attached hydrogens (tertiary/aromatic N) is 3. The molecule has 15 heavy (non-hydrogen) atoms. The van der Waals surface area contributed by atoms with Gasteiger partial charge in [0, 0.05) is 12.8 Å². The van der Waals surface area contributed by atoms with E-state index in [1.807, 2.05) is 0 Å². The van der Waals surface area contributed by atoms with Crippen LogP contribution in [0.3, 0.4) is 0 Å². The number of rotatable bonds is 6. The Morgan fingerprint density at radius 1 is 0.933 bits per heavy atom. The van der Waals surface area contributed by atoms with Gasteiger partial charge in [-0.1, -0.05) is 39.8 Å². The molecule has 0 radical (unpaired) electrons. The molecule has 0 amide bonds. The van der Waals surface area contributed by atoms with E-state index < -0.39 is 10.9 Å². The Balaban J connectivity index is 4.41. The van der Waals surface area contributed by atoms with E-state index >= 15 is 0 Å². The van der Waals surface area contributed by atoms with Crippen LogP contribution < -0.4 is 0 Å². The fourth-order valence-electron chi connectivity index (χ4n) is 1.02. The number of alkyl halides is 2. The van der Waals surface area contributed by atoms with Gasteiger partial charge in [-0.15, -0.1) is 0 Å². The zero-order valence-electron chi connectivity index (χ0n) is 8.08. The monoisotopic (exact) mass is 349 g/mol. The molecule has 0 aromatic carbocycles. The van der Waals surface area contributed by atoms with Crippen LogP contribution in [0, 0.1) is 34.0 Å². The second-order valence-electron chi connectivity index (χ2n) is 2.80. The number of nitriles is 3. The minimum atomic E-state index is -0.556. The smallest absolute Gasteiger partial charge is 0.112 e. The number of hydrogen-bond donors (Lipinski definition) is 0. The summed E-state index contributed by atoms with van der Waals surface area (Å²) in [7, 11) is -0.556. The summed E-state index contributed by atoms with van der Waals surface area (Å²) in [6.07, 6.45) is 2.80. The largest absolute Gasteiger partial charge is 0.198 e. The van der Waals surface area contributed by atoms with Crippen molar-refractivity contribution in [3.05, 3.63) is 0 Å². The average molecular weight is 351 g/mol. The Hall–Kier alpha value is -0.140. The lowest BCUT2D eigenvalue weighted by atomic mass is 10.5. The van der Waals surface area contributed by atoms with Crippen molar-refractivity contribution in [2.75, 3.05) is 12.3 Å². The van der Waals surface area contributed by atoms with E-state index in [2.05, 4.69) is 50.1 Å². The molecule has 0 spiro atoms. The highest BCUT2D eigenvalue weighted by Gasteiger charge is 2.32. The molecule has 0 saturated carbocycles. The van der Waals surface area contributed by atoms with Gasteiger partial charge in [0.2, 0.25) is 0 Å². The summed E-state index contributed by atoms with van der Waals surface area (Å²) in [4.78, 5) is 0. The van der Waals surface area contributed by atoms with Crippen molar-refractivity contribution in [1.82, 2.24) is 0 Å². The summed E-state index contributed by atoms with van der Waals surface area (Å²) in [6, 6.07) is 6.29. The lowest BCUT2D eigenvalue weighted by molar-refractivity contribution is 1.09. The topological polar surface area (TPSA) is 71.4 Å². The highest BCUT2D eigenvalue weighted by molar-refractivity contribution is 9.27. The number of halogens is 2. The highest BCUT2D eigenvalue weighted by atomic mass is 79.9. The Labute approximate surface area is 108 Å². The van der Waals surface area contributed by atoms with Crippen molar-refractivity contribution in [1.29, 1.82) is 15.8 Å². The predicted octanol–water partition coefficient (Wildman–Crippen LogP) is 3.65. The van der Waals surface area contributed by atoms with Crippen molar-refractivity contribution in [2.45, 2.75) is 22.2 Å². The van der Waals surface area contributed by atoms with Crippen LogP contribution in [0.25, 0.3) is 0 Å². The fourth-order valence-corrected chi connectivity index (χ4v) is 5.31. The molecule has 80 valence electrons. The lowest BCUT2D eigenvalue weighted by Gasteiger charge is -2.28. The maximum atomic E-state index is 8.67. The molecular formula is C9H10Br2N3P. The Kier molecular flexibility index (Phi) is 7.99. The van der Waals surface area contributed by atoms with Gasteiger partial charge in [0.1, 0.15) is 2.97 Å². The predicted molar refractivity (Wildman–Crippen MR) is 67.9 cm³/mol. The summed E-state index contributed by atoms with van der Waals surface area (Å²) < 4.78 is -0.405. The van der Waals surface area contributed by atoms with Gasteiger partial charge in [0.25, 0.3) is 0 Å². The molecule has 0 aromatic heterocycles. The van der Waals surface area contributed by atoms with E-state index in [0.29, 0.717) is 19.3 Å². The second kappa shape index (κ2) is 8.06. The molecule has 0 heterocycles. The van der Waals surface area contributed by atoms with Gasteiger partial charge in [-0.3, -0.25) is 0 Å². The molecule has 0 aliphatic rings. The molecule has 0 aromatic rings. The highest BCUT2D eigenvalue weighted by Crippen LogP contribution is 2.60. The van der Waals surface area contributed by atoms with Crippen LogP contribution in [0.4, 0.5) is 0 Å². The molecule has 0 rings (SSSR count). The quantitative estimate of drug-likeness (QED) is 0.542. The first kappa shape index (κ1) is 14.9. The third-order valence-corrected chi connectivity index (χ3v) is 7.92. The minimum absolute atomic E-state index is 0.343. The minimum Gasteiger partial charge on any atom is -0.198 e. The molecule has 0 unspecified atom stereocenters. The Morgan fingerprint density at radius 3 is 1.73 bits per heavy atom. The Morgan fingerprint density at radius 2 is 1.40 bits per heavy atom. The first-order valence-corrected chi connectivity index (χ1v) is 7.62. The van der Waals surface area contributed by atoms with E-state index in [1.165, 1.54) is 0 Å². The van der Waals surface area contributed by atoms with Crippen LogP contribution in [0.5, 0.6) is 0 Å². The molecule has 0 N–H and O–H groups in total. The van der Waals surface area contributed by atoms with Crippen LogP contribution in [-0.2, 0) is 0 Å². The van der Waals surface area contributed by atoms with Gasteiger partial charge in [-0.2, -0.15) is 15.8 Å². The molecule has 3 nitrogen and oxygen atoms in total. The molecular weight excluding hydrogens is 341 g/mol. The second-order valence-corrected chi connectivity index (χ2v) is 10.5. The summed E-state index contributed by atoms with van der Waals surface area (Å²) in [5.41, 5.74) is 0. The molecule has 6 heteroatoms. The lowest BCUT2D eigenvalue weighted by Crippen LogP contribution is -2.12. The summed E-state index contributed by atoms with van der Waals surface area (Å²) in [6.45, 7) is 0. The third kappa shape index (κ3) is 6.11. The SMILES string of the molecule is N#CCCP(CCC#N)C(Br)(Br)CC#N. The molecule has 0 aliphatic heterocycles. The van der Waals surface area contributed by atoms with Crippen molar-refractivity contribution < 1.29 is 0 Å². The standard InChI is InChI=1S/C9H10Br2N3P/c10-9(11,3-6-14)15(7-1-4-12)8-2-5-13/h1-3,7-8H2. The average Bonchev–Trinajstić information content (AvgIpc) is 2.17. The first-order chi connectivity index (χ1) is 7.08. The van der Waals surface area contributed by atoms with Crippen molar-refractivity contribution >= 4 is 39.8 Å². The zero-order chi connectivity index (χ0) is 11.7. The van der Waals surface area contributed by atoms with Gasteiger partial charge >= 0.3 is 0 Å². The van der Waals surface area contributed by atoms with Gasteiger partial charge in [-0.25, -0.2) is 0 Å². The van der Waals surface area contributed by atoms with Crippen molar-refractivity contribution in [2.24, 2.45) is 0 Å². The molecule has 0 aliphatic carbocycles. The maximum Gasteiger partial charge on any atom is 0.112 e. The van der Waals surface area contributed by atoms with Crippen LogP contribution in [0.2, 0.25) is 0 Å². The normalized spacial score (nSPS) is 10.4. The maximum absolute atomic E-state index is 8.67. The van der Waals surface area contributed by atoms with E-state index in [9.17, 15) is 0 Å². The van der Waals surface area contributed by atoms with Gasteiger partial charge in [0.15, 0.2) is 0 Å². The van der Waals surface area contributed by atoms with Crippen molar-refractivity contribution in [3.8, 4) is 18.2 Å². The van der Waals surface area contributed by atoms with Gasteiger partial charge in [0.05, 0.1) is 24.6 Å². The van der Waals surface area contributed by atoms with Crippen LogP contribution in [0.1, 0.15) is 19.3 Å². The summed E-state index contributed by atoms with van der Waals surface area (Å²) in [5, 5.41) is 25.7. The molecule has 0 atom stereocenters. The van der Waals surface area contributed by atoms with E-state index in [4.69, 9.17) is 15.8 Å². The van der Waals surface area contributed by atoms with Crippen LogP contribution in [0.15, 0.2) is 0 Å². The van der Waals surface area contributed by atoms with E-state index in [-0.39, 0.29) is 0 Å². The van der Waals surface area contributed by atoms with Gasteiger partial charge < -0.3 is 0 Å². The molecule has 0 bridgehead atoms. The third-order valence-electron chi connectivity index (χ3n) is 1.74. The summed E-state index contributed by atoms with van der Waals surface area (Å²) >= 11 is 6.95. The fraction of sp³-hybridized carbons (Fsp3) is 0.667. The van der Waals surface area contributed by atoms with Gasteiger partial charge in [-0.05, 0) is 12.3 Å². The summed E-state index contributed by atoms with van der Waals surface area (Å²) in [5.74, 6) is 0. The zero-order valence-corrected chi connectivity index (χ0v) is 12.1. The van der Waals surface area contributed by atoms with Crippen LogP contribution >= 0.6 is 39.8 Å². The van der Waals surface area contributed by atoms with Crippen molar-refractivity contribution in [3.63, 3.8) is 0 Å². The van der Waals surface area contributed by atoms with E-state index in [1.54, 1.807) is 0 Å². The van der Waals surface area contributed by atoms with E-state index in [0.717, 1.165) is 12.3 Å². The van der Waals surface area contributed by atoms with Crippen LogP contribution in [-0.4, -0.2) is 15.3 Å². The Bertz CT molecular complexity index is 293.